The van der Waals surface area contributed by atoms with Crippen LogP contribution in [0.4, 0.5) is 0 Å². The van der Waals surface area contributed by atoms with E-state index in [-0.39, 0.29) is 5.78 Å². The molecule has 0 heterocycles. The molecule has 0 atom stereocenters. The van der Waals surface area contributed by atoms with E-state index in [1.165, 1.54) is 0 Å². The Kier molecular flexibility index (Phi) is 4.97. The van der Waals surface area contributed by atoms with Gasteiger partial charge in [0.1, 0.15) is 5.75 Å². The maximum Gasteiger partial charge on any atom is 0.162 e. The van der Waals surface area contributed by atoms with Crippen molar-refractivity contribution in [1.29, 1.82) is 0 Å². The Balaban J connectivity index is 1.75. The molecule has 19 heavy (non-hydrogen) atoms. The van der Waals surface area contributed by atoms with Crippen LogP contribution in [0.25, 0.3) is 0 Å². The Bertz CT molecular complexity index is 407. The average molecular weight is 261 g/mol. The molecule has 1 aliphatic rings. The van der Waals surface area contributed by atoms with Crippen LogP contribution in [0.1, 0.15) is 49.9 Å². The third-order valence-corrected chi connectivity index (χ3v) is 3.14. The van der Waals surface area contributed by atoms with Gasteiger partial charge >= 0.3 is 0 Å². The first-order chi connectivity index (χ1) is 9.15. The van der Waals surface area contributed by atoms with E-state index in [2.05, 4.69) is 19.2 Å². The maximum absolute atomic E-state index is 12.0. The number of hydrogen-bond donors (Lipinski definition) is 1. The second-order valence-corrected chi connectivity index (χ2v) is 5.48. The van der Waals surface area contributed by atoms with E-state index in [9.17, 15) is 4.79 Å². The fourth-order valence-electron chi connectivity index (χ4n) is 1.88. The van der Waals surface area contributed by atoms with E-state index in [1.54, 1.807) is 0 Å². The Labute approximate surface area is 115 Å². The number of nitrogens with one attached hydrogen (secondary N) is 1. The largest absolute Gasteiger partial charge is 0.490 e. The van der Waals surface area contributed by atoms with Gasteiger partial charge in [-0.3, -0.25) is 4.79 Å². The molecule has 1 aromatic rings. The Morgan fingerprint density at radius 2 is 2.00 bits per heavy atom. The lowest BCUT2D eigenvalue weighted by atomic mass is 10.1. The molecule has 0 aromatic heterocycles. The smallest absolute Gasteiger partial charge is 0.162 e. The van der Waals surface area contributed by atoms with Crippen molar-refractivity contribution in [2.75, 3.05) is 6.54 Å². The summed E-state index contributed by atoms with van der Waals surface area (Å²) in [6.45, 7) is 5.12. The van der Waals surface area contributed by atoms with Crippen molar-refractivity contribution in [1.82, 2.24) is 5.32 Å². The molecule has 1 aliphatic carbocycles. The van der Waals surface area contributed by atoms with Crippen LogP contribution in [0.2, 0.25) is 0 Å². The second-order valence-electron chi connectivity index (χ2n) is 5.48. The molecular formula is C16H23NO2. The van der Waals surface area contributed by atoms with Gasteiger partial charge in [-0.15, -0.1) is 0 Å². The summed E-state index contributed by atoms with van der Waals surface area (Å²) in [7, 11) is 0. The highest BCUT2D eigenvalue weighted by Crippen LogP contribution is 2.26. The number of rotatable bonds is 8. The standard InChI is InChI=1S/C16H23NO2/c1-12(2)17-11-3-4-16(18)13-5-7-14(8-6-13)19-15-9-10-15/h5-8,12,15,17H,3-4,9-11H2,1-2H3. The molecule has 1 N–H and O–H groups in total. The summed E-state index contributed by atoms with van der Waals surface area (Å²) >= 11 is 0. The molecule has 0 unspecified atom stereocenters. The summed E-state index contributed by atoms with van der Waals surface area (Å²) in [4.78, 5) is 12.0. The minimum Gasteiger partial charge on any atom is -0.490 e. The number of ether oxygens (including phenoxy) is 1. The SMILES string of the molecule is CC(C)NCCCC(=O)c1ccc(OC2CC2)cc1. The van der Waals surface area contributed by atoms with Crippen molar-refractivity contribution < 1.29 is 9.53 Å². The van der Waals surface area contributed by atoms with Crippen LogP contribution < -0.4 is 10.1 Å². The summed E-state index contributed by atoms with van der Waals surface area (Å²) in [5, 5.41) is 3.32. The van der Waals surface area contributed by atoms with Gasteiger partial charge in [0, 0.05) is 18.0 Å². The summed E-state index contributed by atoms with van der Waals surface area (Å²) in [5.41, 5.74) is 0.785. The normalized spacial score (nSPS) is 14.7. The highest BCUT2D eigenvalue weighted by atomic mass is 16.5. The quantitative estimate of drug-likeness (QED) is 0.577. The number of carbonyl (C=O) groups excluding carboxylic acids is 1. The molecule has 1 saturated carbocycles. The van der Waals surface area contributed by atoms with Crippen molar-refractivity contribution in [2.45, 2.75) is 51.7 Å². The zero-order valence-electron chi connectivity index (χ0n) is 11.8. The Morgan fingerprint density at radius 1 is 1.32 bits per heavy atom. The lowest BCUT2D eigenvalue weighted by Crippen LogP contribution is -2.24. The van der Waals surface area contributed by atoms with Gasteiger partial charge < -0.3 is 10.1 Å². The first kappa shape index (κ1) is 14.1. The van der Waals surface area contributed by atoms with Crippen LogP contribution >= 0.6 is 0 Å². The summed E-state index contributed by atoms with van der Waals surface area (Å²) in [6.07, 6.45) is 4.20. The highest BCUT2D eigenvalue weighted by molar-refractivity contribution is 5.96. The van der Waals surface area contributed by atoms with Gasteiger partial charge in [-0.1, -0.05) is 13.8 Å². The average Bonchev–Trinajstić information content (AvgIpc) is 3.19. The number of Topliss-reactive ketones (excluding diaryl/α,β-unsaturated/α-hetero) is 1. The van der Waals surface area contributed by atoms with Crippen LogP contribution in [0.15, 0.2) is 24.3 Å². The number of carbonyl (C=O) groups is 1. The van der Waals surface area contributed by atoms with Gasteiger partial charge in [0.25, 0.3) is 0 Å². The van der Waals surface area contributed by atoms with Gasteiger partial charge in [0.2, 0.25) is 0 Å². The van der Waals surface area contributed by atoms with E-state index in [0.29, 0.717) is 18.6 Å². The zero-order valence-corrected chi connectivity index (χ0v) is 11.8. The molecule has 2 rings (SSSR count). The predicted molar refractivity (Wildman–Crippen MR) is 76.8 cm³/mol. The lowest BCUT2D eigenvalue weighted by Gasteiger charge is -2.08. The highest BCUT2D eigenvalue weighted by Gasteiger charge is 2.23. The number of hydrogen-bond acceptors (Lipinski definition) is 3. The molecule has 1 aromatic carbocycles. The first-order valence-electron chi connectivity index (χ1n) is 7.18. The van der Waals surface area contributed by atoms with E-state index in [1.807, 2.05) is 24.3 Å². The molecule has 3 nitrogen and oxygen atoms in total. The molecular weight excluding hydrogens is 238 g/mol. The van der Waals surface area contributed by atoms with Crippen LogP contribution in [-0.4, -0.2) is 24.5 Å². The summed E-state index contributed by atoms with van der Waals surface area (Å²) in [5.74, 6) is 1.09. The third kappa shape index (κ3) is 5.03. The molecule has 0 aliphatic heterocycles. The molecule has 104 valence electrons. The molecule has 0 spiro atoms. The molecule has 0 radical (unpaired) electrons. The van der Waals surface area contributed by atoms with Crippen LogP contribution in [-0.2, 0) is 0 Å². The number of benzene rings is 1. The van der Waals surface area contributed by atoms with Crippen molar-refractivity contribution >= 4 is 5.78 Å². The molecule has 0 saturated heterocycles. The topological polar surface area (TPSA) is 38.3 Å². The Morgan fingerprint density at radius 3 is 2.58 bits per heavy atom. The van der Waals surface area contributed by atoms with Gasteiger partial charge in [-0.25, -0.2) is 0 Å². The molecule has 0 bridgehead atoms. The van der Waals surface area contributed by atoms with Crippen molar-refractivity contribution in [3.05, 3.63) is 29.8 Å². The van der Waals surface area contributed by atoms with E-state index in [0.717, 1.165) is 37.1 Å². The monoisotopic (exact) mass is 261 g/mol. The Hall–Kier alpha value is -1.35. The van der Waals surface area contributed by atoms with Gasteiger partial charge in [-0.05, 0) is 50.1 Å². The minimum atomic E-state index is 0.212. The van der Waals surface area contributed by atoms with Gasteiger partial charge in [0.15, 0.2) is 5.78 Å². The predicted octanol–water partition coefficient (Wildman–Crippen LogP) is 3.19. The van der Waals surface area contributed by atoms with E-state index < -0.39 is 0 Å². The molecule has 0 amide bonds. The third-order valence-electron chi connectivity index (χ3n) is 3.14. The van der Waals surface area contributed by atoms with Crippen molar-refractivity contribution in [3.8, 4) is 5.75 Å². The molecule has 3 heteroatoms. The van der Waals surface area contributed by atoms with E-state index in [4.69, 9.17) is 4.74 Å². The van der Waals surface area contributed by atoms with E-state index >= 15 is 0 Å². The minimum absolute atomic E-state index is 0.212. The van der Waals surface area contributed by atoms with Crippen LogP contribution in [0.5, 0.6) is 5.75 Å². The van der Waals surface area contributed by atoms with Crippen LogP contribution in [0.3, 0.4) is 0 Å². The number of ketones is 1. The molecule has 1 fully saturated rings. The zero-order chi connectivity index (χ0) is 13.7. The van der Waals surface area contributed by atoms with Crippen molar-refractivity contribution in [3.63, 3.8) is 0 Å². The first-order valence-corrected chi connectivity index (χ1v) is 7.18. The second kappa shape index (κ2) is 6.71. The summed E-state index contributed by atoms with van der Waals surface area (Å²) in [6, 6.07) is 8.02. The van der Waals surface area contributed by atoms with Gasteiger partial charge in [0.05, 0.1) is 6.10 Å². The fourth-order valence-corrected chi connectivity index (χ4v) is 1.88. The van der Waals surface area contributed by atoms with Gasteiger partial charge in [-0.2, -0.15) is 0 Å². The van der Waals surface area contributed by atoms with Crippen LogP contribution in [0, 0.1) is 0 Å². The lowest BCUT2D eigenvalue weighted by molar-refractivity contribution is 0.0979. The maximum atomic E-state index is 12.0. The fraction of sp³-hybridized carbons (Fsp3) is 0.562. The van der Waals surface area contributed by atoms with Crippen molar-refractivity contribution in [2.24, 2.45) is 0 Å². The summed E-state index contributed by atoms with van der Waals surface area (Å²) < 4.78 is 5.66.